The first-order valence-corrected chi connectivity index (χ1v) is 5.94. The molecule has 2 heteroatoms. The smallest absolute Gasteiger partial charge is 0.109 e. The highest BCUT2D eigenvalue weighted by Gasteiger charge is 2.21. The van der Waals surface area contributed by atoms with Crippen LogP contribution in [0.1, 0.15) is 44.9 Å². The minimum atomic E-state index is 0.167. The van der Waals surface area contributed by atoms with Crippen molar-refractivity contribution < 1.29 is 4.74 Å². The van der Waals surface area contributed by atoms with E-state index in [2.05, 4.69) is 6.08 Å². The normalized spacial score (nSPS) is 25.6. The fourth-order valence-corrected chi connectivity index (χ4v) is 2.59. The maximum absolute atomic E-state index is 6.12. The van der Waals surface area contributed by atoms with Crippen molar-refractivity contribution in [1.29, 1.82) is 0 Å². The summed E-state index contributed by atoms with van der Waals surface area (Å²) in [7, 11) is 0. The van der Waals surface area contributed by atoms with Crippen LogP contribution in [0.5, 0.6) is 0 Å². The third kappa shape index (κ3) is 2.50. The molecule has 1 saturated carbocycles. The van der Waals surface area contributed by atoms with Crippen LogP contribution in [0.3, 0.4) is 0 Å². The predicted octanol–water partition coefficient (Wildman–Crippen LogP) is 2.59. The summed E-state index contributed by atoms with van der Waals surface area (Å²) in [5.41, 5.74) is 6.12. The van der Waals surface area contributed by atoms with E-state index in [-0.39, 0.29) is 6.04 Å². The predicted molar refractivity (Wildman–Crippen MR) is 57.8 cm³/mol. The molecule has 0 aromatic heterocycles. The van der Waals surface area contributed by atoms with E-state index in [4.69, 9.17) is 10.5 Å². The Bertz CT molecular complexity index is 206. The van der Waals surface area contributed by atoms with Crippen molar-refractivity contribution in [3.05, 3.63) is 11.8 Å². The van der Waals surface area contributed by atoms with Gasteiger partial charge in [-0.15, -0.1) is 0 Å². The van der Waals surface area contributed by atoms with Crippen LogP contribution in [0, 0.1) is 5.92 Å². The Morgan fingerprint density at radius 1 is 1.36 bits per heavy atom. The van der Waals surface area contributed by atoms with Gasteiger partial charge in [0.1, 0.15) is 5.76 Å². The van der Waals surface area contributed by atoms with Crippen LogP contribution in [0.15, 0.2) is 11.8 Å². The number of rotatable bonds is 3. The van der Waals surface area contributed by atoms with Gasteiger partial charge in [-0.25, -0.2) is 0 Å². The second kappa shape index (κ2) is 4.83. The molecule has 0 amide bonds. The molecule has 0 bridgehead atoms. The first kappa shape index (κ1) is 10.0. The van der Waals surface area contributed by atoms with E-state index in [1.54, 1.807) is 0 Å². The topological polar surface area (TPSA) is 35.2 Å². The molecule has 80 valence electrons. The van der Waals surface area contributed by atoms with Crippen LogP contribution in [0.25, 0.3) is 0 Å². The van der Waals surface area contributed by atoms with Crippen molar-refractivity contribution in [3.63, 3.8) is 0 Å². The van der Waals surface area contributed by atoms with Crippen LogP contribution < -0.4 is 5.73 Å². The van der Waals surface area contributed by atoms with Gasteiger partial charge in [0.05, 0.1) is 12.6 Å². The Morgan fingerprint density at radius 3 is 2.79 bits per heavy atom. The van der Waals surface area contributed by atoms with E-state index >= 15 is 0 Å². The molecule has 0 saturated heterocycles. The largest absolute Gasteiger partial charge is 0.496 e. The van der Waals surface area contributed by atoms with Crippen LogP contribution >= 0.6 is 0 Å². The van der Waals surface area contributed by atoms with Gasteiger partial charge in [-0.3, -0.25) is 0 Å². The monoisotopic (exact) mass is 195 g/mol. The lowest BCUT2D eigenvalue weighted by molar-refractivity contribution is 0.209. The Labute approximate surface area is 86.5 Å². The Balaban J connectivity index is 1.77. The van der Waals surface area contributed by atoms with Crippen molar-refractivity contribution >= 4 is 0 Å². The highest BCUT2D eigenvalue weighted by Crippen LogP contribution is 2.29. The first-order valence-electron chi connectivity index (χ1n) is 5.94. The second-order valence-corrected chi connectivity index (χ2v) is 4.59. The molecule has 1 heterocycles. The summed E-state index contributed by atoms with van der Waals surface area (Å²) in [6.07, 6.45) is 11.3. The van der Waals surface area contributed by atoms with Gasteiger partial charge >= 0.3 is 0 Å². The maximum atomic E-state index is 6.12. The third-order valence-electron chi connectivity index (χ3n) is 3.41. The summed E-state index contributed by atoms with van der Waals surface area (Å²) in [5, 5.41) is 0. The standard InChI is InChI=1S/C12H21NO/c13-11(12-7-4-8-14-12)9-10-5-2-1-3-6-10/h7,10-11H,1-6,8-9,13H2. The molecule has 0 radical (unpaired) electrons. The fourth-order valence-electron chi connectivity index (χ4n) is 2.59. The lowest BCUT2D eigenvalue weighted by atomic mass is 9.84. The average Bonchev–Trinajstić information content (AvgIpc) is 2.72. The highest BCUT2D eigenvalue weighted by molar-refractivity contribution is 5.06. The zero-order valence-electron chi connectivity index (χ0n) is 8.87. The van der Waals surface area contributed by atoms with E-state index in [0.29, 0.717) is 0 Å². The Hall–Kier alpha value is -0.500. The summed E-state index contributed by atoms with van der Waals surface area (Å²) in [5.74, 6) is 1.90. The average molecular weight is 195 g/mol. The molecule has 1 atom stereocenters. The Morgan fingerprint density at radius 2 is 2.14 bits per heavy atom. The van der Waals surface area contributed by atoms with Crippen LogP contribution in [0.4, 0.5) is 0 Å². The molecule has 1 fully saturated rings. The quantitative estimate of drug-likeness (QED) is 0.751. The molecule has 2 aliphatic rings. The second-order valence-electron chi connectivity index (χ2n) is 4.59. The van der Waals surface area contributed by atoms with Crippen LogP contribution in [-0.2, 0) is 4.74 Å². The Kier molecular flexibility index (Phi) is 3.46. The molecule has 1 aliphatic carbocycles. The molecule has 1 unspecified atom stereocenters. The SMILES string of the molecule is NC(CC1CCCCC1)C1=CCCO1. The van der Waals surface area contributed by atoms with Gasteiger partial charge in [0, 0.05) is 6.42 Å². The zero-order chi connectivity index (χ0) is 9.80. The molecular formula is C12H21NO. The van der Waals surface area contributed by atoms with E-state index in [1.165, 1.54) is 32.1 Å². The molecule has 2 N–H and O–H groups in total. The molecule has 1 aliphatic heterocycles. The van der Waals surface area contributed by atoms with Crippen molar-refractivity contribution in [1.82, 2.24) is 0 Å². The fraction of sp³-hybridized carbons (Fsp3) is 0.833. The minimum Gasteiger partial charge on any atom is -0.496 e. The van der Waals surface area contributed by atoms with E-state index in [1.807, 2.05) is 0 Å². The molecule has 0 aromatic rings. The lowest BCUT2D eigenvalue weighted by Gasteiger charge is -2.24. The summed E-state index contributed by atoms with van der Waals surface area (Å²) < 4.78 is 5.49. The molecule has 2 rings (SSSR count). The third-order valence-corrected chi connectivity index (χ3v) is 3.41. The first-order chi connectivity index (χ1) is 6.86. The number of hydrogen-bond donors (Lipinski definition) is 1. The summed E-state index contributed by atoms with van der Waals surface area (Å²) >= 11 is 0. The van der Waals surface area contributed by atoms with Gasteiger partial charge in [-0.1, -0.05) is 32.1 Å². The van der Waals surface area contributed by atoms with Crippen molar-refractivity contribution in [3.8, 4) is 0 Å². The maximum Gasteiger partial charge on any atom is 0.109 e. The molecule has 0 spiro atoms. The summed E-state index contributed by atoms with van der Waals surface area (Å²) in [6.45, 7) is 0.841. The van der Waals surface area contributed by atoms with Gasteiger partial charge in [0.25, 0.3) is 0 Å². The minimum absolute atomic E-state index is 0.167. The van der Waals surface area contributed by atoms with Gasteiger partial charge in [0.15, 0.2) is 0 Å². The summed E-state index contributed by atoms with van der Waals surface area (Å²) in [4.78, 5) is 0. The van der Waals surface area contributed by atoms with Gasteiger partial charge < -0.3 is 10.5 Å². The number of nitrogens with two attached hydrogens (primary N) is 1. The number of hydrogen-bond acceptors (Lipinski definition) is 2. The van der Waals surface area contributed by atoms with Crippen LogP contribution in [0.2, 0.25) is 0 Å². The molecular weight excluding hydrogens is 174 g/mol. The van der Waals surface area contributed by atoms with Crippen molar-refractivity contribution in [2.24, 2.45) is 11.7 Å². The van der Waals surface area contributed by atoms with Gasteiger partial charge in [-0.2, -0.15) is 0 Å². The zero-order valence-corrected chi connectivity index (χ0v) is 8.87. The van der Waals surface area contributed by atoms with Crippen LogP contribution in [-0.4, -0.2) is 12.6 Å². The molecule has 14 heavy (non-hydrogen) atoms. The number of ether oxygens (including phenoxy) is 1. The van der Waals surface area contributed by atoms with Crippen molar-refractivity contribution in [2.45, 2.75) is 51.0 Å². The molecule has 0 aromatic carbocycles. The van der Waals surface area contributed by atoms with E-state index in [9.17, 15) is 0 Å². The van der Waals surface area contributed by atoms with E-state index < -0.39 is 0 Å². The summed E-state index contributed by atoms with van der Waals surface area (Å²) in [6, 6.07) is 0.167. The molecule has 2 nitrogen and oxygen atoms in total. The lowest BCUT2D eigenvalue weighted by Crippen LogP contribution is -2.27. The highest BCUT2D eigenvalue weighted by atomic mass is 16.5. The van der Waals surface area contributed by atoms with E-state index in [0.717, 1.165) is 31.1 Å². The van der Waals surface area contributed by atoms with Gasteiger partial charge in [-0.05, 0) is 18.4 Å². The van der Waals surface area contributed by atoms with Gasteiger partial charge in [0.2, 0.25) is 0 Å². The van der Waals surface area contributed by atoms with Crippen molar-refractivity contribution in [2.75, 3.05) is 6.61 Å².